The molecule has 2 N–H and O–H groups in total. The van der Waals surface area contributed by atoms with Crippen molar-refractivity contribution in [1.82, 2.24) is 0 Å². The molecule has 54 valence electrons. The molecule has 2 atom stereocenters. The summed E-state index contributed by atoms with van der Waals surface area (Å²) < 4.78 is 0. The average molecular weight is 127 g/mol. The quantitative estimate of drug-likeness (QED) is 0.569. The van der Waals surface area contributed by atoms with E-state index >= 15 is 0 Å². The monoisotopic (exact) mass is 127 g/mol. The van der Waals surface area contributed by atoms with E-state index in [2.05, 4.69) is 13.8 Å². The van der Waals surface area contributed by atoms with Crippen LogP contribution in [0.2, 0.25) is 0 Å². The molecule has 0 aliphatic heterocycles. The highest BCUT2D eigenvalue weighted by Gasteiger charge is 2.26. The third kappa shape index (κ3) is 1.45. The van der Waals surface area contributed by atoms with Crippen LogP contribution in [0.5, 0.6) is 0 Å². The lowest BCUT2D eigenvalue weighted by Gasteiger charge is -2.04. The van der Waals surface area contributed by atoms with Gasteiger partial charge in [0, 0.05) is 0 Å². The molecule has 0 aromatic carbocycles. The lowest BCUT2D eigenvalue weighted by molar-refractivity contribution is 0.457. The van der Waals surface area contributed by atoms with E-state index in [1.54, 1.807) is 0 Å². The Bertz CT molecular complexity index is 80.6. The zero-order chi connectivity index (χ0) is 6.85. The number of rotatable bonds is 1. The Balaban J connectivity index is 2.35. The first kappa shape index (κ1) is 7.07. The average Bonchev–Trinajstić information content (AvgIpc) is 2.13. The van der Waals surface area contributed by atoms with E-state index in [9.17, 15) is 0 Å². The van der Waals surface area contributed by atoms with Gasteiger partial charge in [0.05, 0.1) is 0 Å². The minimum atomic E-state index is 0.829. The van der Waals surface area contributed by atoms with Gasteiger partial charge in [-0.25, -0.2) is 0 Å². The van der Waals surface area contributed by atoms with Gasteiger partial charge in [-0.1, -0.05) is 13.8 Å². The SMILES string of the molecule is CC1CC(CN)CC1C. The Morgan fingerprint density at radius 3 is 1.89 bits per heavy atom. The molecule has 1 fully saturated rings. The normalized spacial score (nSPS) is 43.7. The maximum absolute atomic E-state index is 5.56. The zero-order valence-electron chi connectivity index (χ0n) is 6.43. The van der Waals surface area contributed by atoms with Crippen molar-refractivity contribution < 1.29 is 0 Å². The van der Waals surface area contributed by atoms with E-state index < -0.39 is 0 Å². The summed E-state index contributed by atoms with van der Waals surface area (Å²) in [7, 11) is 0. The third-order valence-corrected chi connectivity index (χ3v) is 2.71. The van der Waals surface area contributed by atoms with Crippen LogP contribution in [0, 0.1) is 17.8 Å². The molecule has 9 heavy (non-hydrogen) atoms. The van der Waals surface area contributed by atoms with Gasteiger partial charge in [-0.2, -0.15) is 0 Å². The van der Waals surface area contributed by atoms with Crippen molar-refractivity contribution in [2.75, 3.05) is 6.54 Å². The van der Waals surface area contributed by atoms with Gasteiger partial charge in [-0.15, -0.1) is 0 Å². The molecule has 1 nitrogen and oxygen atoms in total. The van der Waals surface area contributed by atoms with E-state index in [1.807, 2.05) is 0 Å². The molecule has 0 saturated heterocycles. The van der Waals surface area contributed by atoms with E-state index in [-0.39, 0.29) is 0 Å². The predicted molar refractivity (Wildman–Crippen MR) is 40.1 cm³/mol. The second kappa shape index (κ2) is 2.70. The van der Waals surface area contributed by atoms with Crippen LogP contribution < -0.4 is 5.73 Å². The van der Waals surface area contributed by atoms with Crippen LogP contribution in [0.25, 0.3) is 0 Å². The van der Waals surface area contributed by atoms with Crippen LogP contribution in [-0.2, 0) is 0 Å². The second-order valence-corrected chi connectivity index (χ2v) is 3.53. The summed E-state index contributed by atoms with van der Waals surface area (Å²) >= 11 is 0. The Labute approximate surface area is 57.6 Å². The van der Waals surface area contributed by atoms with Crippen molar-refractivity contribution >= 4 is 0 Å². The van der Waals surface area contributed by atoms with Gasteiger partial charge in [0.25, 0.3) is 0 Å². The van der Waals surface area contributed by atoms with Crippen molar-refractivity contribution in [3.63, 3.8) is 0 Å². The van der Waals surface area contributed by atoms with Gasteiger partial charge < -0.3 is 5.73 Å². The molecular weight excluding hydrogens is 110 g/mol. The van der Waals surface area contributed by atoms with Crippen molar-refractivity contribution in [1.29, 1.82) is 0 Å². The first-order valence-corrected chi connectivity index (χ1v) is 3.94. The minimum absolute atomic E-state index is 0.829. The maximum atomic E-state index is 5.56. The zero-order valence-corrected chi connectivity index (χ0v) is 6.43. The van der Waals surface area contributed by atoms with Crippen LogP contribution in [0.3, 0.4) is 0 Å². The lowest BCUT2D eigenvalue weighted by atomic mass is 10.0. The fourth-order valence-corrected chi connectivity index (χ4v) is 1.80. The third-order valence-electron chi connectivity index (χ3n) is 2.71. The molecule has 0 heterocycles. The molecule has 1 aliphatic carbocycles. The summed E-state index contributed by atoms with van der Waals surface area (Å²) in [6, 6.07) is 0. The van der Waals surface area contributed by atoms with Gasteiger partial charge in [0.15, 0.2) is 0 Å². The molecule has 1 rings (SSSR count). The first-order chi connectivity index (χ1) is 4.24. The maximum Gasteiger partial charge on any atom is -0.00487 e. The van der Waals surface area contributed by atoms with Crippen LogP contribution in [0.15, 0.2) is 0 Å². The fourth-order valence-electron chi connectivity index (χ4n) is 1.80. The Morgan fingerprint density at radius 1 is 1.22 bits per heavy atom. The first-order valence-electron chi connectivity index (χ1n) is 3.94. The summed E-state index contributed by atoms with van der Waals surface area (Å²) in [4.78, 5) is 0. The molecule has 0 spiro atoms. The summed E-state index contributed by atoms with van der Waals surface area (Å²) in [6.07, 6.45) is 2.72. The number of nitrogens with two attached hydrogens (primary N) is 1. The highest BCUT2D eigenvalue weighted by molar-refractivity contribution is 4.78. The van der Waals surface area contributed by atoms with Gasteiger partial charge in [-0.3, -0.25) is 0 Å². The van der Waals surface area contributed by atoms with Crippen molar-refractivity contribution in [3.8, 4) is 0 Å². The Kier molecular flexibility index (Phi) is 2.12. The van der Waals surface area contributed by atoms with Crippen molar-refractivity contribution in [2.24, 2.45) is 23.5 Å². The molecule has 0 amide bonds. The van der Waals surface area contributed by atoms with Crippen LogP contribution in [0.4, 0.5) is 0 Å². The van der Waals surface area contributed by atoms with Gasteiger partial charge in [-0.05, 0) is 37.1 Å². The van der Waals surface area contributed by atoms with Crippen LogP contribution in [-0.4, -0.2) is 6.54 Å². The largest absolute Gasteiger partial charge is 0.330 e. The fraction of sp³-hybridized carbons (Fsp3) is 1.00. The summed E-state index contributed by atoms with van der Waals surface area (Å²) in [5, 5.41) is 0. The summed E-state index contributed by atoms with van der Waals surface area (Å²) in [6.45, 7) is 5.56. The lowest BCUT2D eigenvalue weighted by Crippen LogP contribution is -2.10. The Morgan fingerprint density at radius 2 is 1.67 bits per heavy atom. The number of hydrogen-bond donors (Lipinski definition) is 1. The second-order valence-electron chi connectivity index (χ2n) is 3.53. The molecule has 1 heteroatoms. The topological polar surface area (TPSA) is 26.0 Å². The molecule has 1 aliphatic rings. The molecule has 0 radical (unpaired) electrons. The number of hydrogen-bond acceptors (Lipinski definition) is 1. The van der Waals surface area contributed by atoms with Gasteiger partial charge in [0.1, 0.15) is 0 Å². The highest BCUT2D eigenvalue weighted by Crippen LogP contribution is 2.34. The standard InChI is InChI=1S/C8H17N/c1-6-3-8(5-9)4-7(6)2/h6-8H,3-5,9H2,1-2H3. The molecule has 0 bridgehead atoms. The molecular formula is C8H17N. The smallest absolute Gasteiger partial charge is 0.00487 e. The van der Waals surface area contributed by atoms with E-state index in [1.165, 1.54) is 12.8 Å². The summed E-state index contributed by atoms with van der Waals surface area (Å²) in [5.74, 6) is 2.66. The van der Waals surface area contributed by atoms with E-state index in [4.69, 9.17) is 5.73 Å². The molecule has 1 saturated carbocycles. The minimum Gasteiger partial charge on any atom is -0.330 e. The molecule has 0 aromatic heterocycles. The van der Waals surface area contributed by atoms with Gasteiger partial charge in [0.2, 0.25) is 0 Å². The molecule has 0 aromatic rings. The van der Waals surface area contributed by atoms with Crippen LogP contribution in [0.1, 0.15) is 26.7 Å². The molecule has 2 unspecified atom stereocenters. The highest BCUT2D eigenvalue weighted by atomic mass is 14.6. The summed E-state index contributed by atoms with van der Waals surface area (Å²) in [5.41, 5.74) is 5.56. The van der Waals surface area contributed by atoms with Gasteiger partial charge >= 0.3 is 0 Å². The Hall–Kier alpha value is -0.0400. The predicted octanol–water partition coefficient (Wildman–Crippen LogP) is 1.63. The van der Waals surface area contributed by atoms with E-state index in [0.29, 0.717) is 0 Å². The van der Waals surface area contributed by atoms with Crippen molar-refractivity contribution in [2.45, 2.75) is 26.7 Å². The van der Waals surface area contributed by atoms with Crippen LogP contribution >= 0.6 is 0 Å². The van der Waals surface area contributed by atoms with Crippen molar-refractivity contribution in [3.05, 3.63) is 0 Å². The van der Waals surface area contributed by atoms with E-state index in [0.717, 1.165) is 24.3 Å².